The lowest BCUT2D eigenvalue weighted by Crippen LogP contribution is -1.97. The molecule has 0 aliphatic heterocycles. The van der Waals surface area contributed by atoms with Crippen molar-refractivity contribution < 1.29 is 0 Å². The minimum Gasteiger partial charge on any atom is -0.309 e. The Morgan fingerprint density at radius 1 is 0.127 bits per heavy atom. The number of aromatic nitrogens is 8. The lowest BCUT2D eigenvalue weighted by molar-refractivity contribution is 1.16. The van der Waals surface area contributed by atoms with Crippen LogP contribution in [0.3, 0.4) is 0 Å². The first-order valence-corrected chi connectivity index (χ1v) is 48.5. The van der Waals surface area contributed by atoms with Gasteiger partial charge in [0.05, 0.1) is 99.9 Å². The highest BCUT2D eigenvalue weighted by atomic mass is 15.1. The summed E-state index contributed by atoms with van der Waals surface area (Å²) in [4.78, 5) is 0. The molecule has 9 heteroatoms. The van der Waals surface area contributed by atoms with Crippen molar-refractivity contribution >= 4 is 174 Å². The predicted molar refractivity (Wildman–Crippen MR) is 595 cm³/mol. The third kappa shape index (κ3) is 12.8. The molecule has 0 unspecified atom stereocenters. The van der Waals surface area contributed by atoms with E-state index in [1.165, 1.54) is 214 Å². The van der Waals surface area contributed by atoms with Crippen molar-refractivity contribution in [2.45, 2.75) is 0 Å². The first-order valence-electron chi connectivity index (χ1n) is 48.5. The monoisotopic (exact) mass is 1810 g/mol. The average molecular weight is 1810 g/mol. The second kappa shape index (κ2) is 33.0. The number of nitriles is 1. The van der Waals surface area contributed by atoms with Crippen LogP contribution in [0.15, 0.2) is 516 Å². The van der Waals surface area contributed by atoms with E-state index in [9.17, 15) is 5.26 Å². The largest absolute Gasteiger partial charge is 0.309 e. The van der Waals surface area contributed by atoms with Gasteiger partial charge in [-0.3, -0.25) is 0 Å². The molecule has 662 valence electrons. The summed E-state index contributed by atoms with van der Waals surface area (Å²) in [5, 5.41) is 29.4. The Morgan fingerprint density at radius 2 is 0.352 bits per heavy atom. The van der Waals surface area contributed by atoms with Crippen molar-refractivity contribution in [2.75, 3.05) is 0 Å². The molecule has 9 nitrogen and oxygen atoms in total. The zero-order valence-corrected chi connectivity index (χ0v) is 77.1. The van der Waals surface area contributed by atoms with Gasteiger partial charge in [0.2, 0.25) is 0 Å². The molecule has 0 saturated carbocycles. The third-order valence-electron chi connectivity index (χ3n) is 29.2. The molecule has 30 aromatic rings. The molecule has 0 amide bonds. The fraction of sp³-hybridized carbons (Fsp3) is 0. The summed E-state index contributed by atoms with van der Waals surface area (Å²) in [7, 11) is 0. The van der Waals surface area contributed by atoms with E-state index in [0.717, 1.165) is 39.6 Å². The summed E-state index contributed by atoms with van der Waals surface area (Å²) < 4.78 is 19.3. The van der Waals surface area contributed by atoms with Crippen LogP contribution in [0.5, 0.6) is 0 Å². The Labute approximate surface area is 816 Å². The fourth-order valence-electron chi connectivity index (χ4n) is 23.1. The Balaban J connectivity index is 0.000000104. The summed E-state index contributed by atoms with van der Waals surface area (Å²) in [5.41, 5.74) is 36.2. The molecule has 22 aromatic carbocycles. The van der Waals surface area contributed by atoms with E-state index < -0.39 is 0 Å². The lowest BCUT2D eigenvalue weighted by Gasteiger charge is -2.12. The molecule has 8 heterocycles. The van der Waals surface area contributed by atoms with Gasteiger partial charge in [0, 0.05) is 132 Å². The Kier molecular flexibility index (Phi) is 18.9. The normalized spacial score (nSPS) is 11.8. The summed E-state index contributed by atoms with van der Waals surface area (Å²) in [5.74, 6) is 0. The number of benzene rings is 22. The van der Waals surface area contributed by atoms with Crippen LogP contribution in [-0.4, -0.2) is 36.5 Å². The van der Waals surface area contributed by atoms with Crippen LogP contribution < -0.4 is 0 Å². The lowest BCUT2D eigenvalue weighted by atomic mass is 10.0. The minimum absolute atomic E-state index is 0.669. The van der Waals surface area contributed by atoms with Crippen LogP contribution in [0.2, 0.25) is 0 Å². The van der Waals surface area contributed by atoms with E-state index in [1.54, 1.807) is 0 Å². The Morgan fingerprint density at radius 3 is 0.768 bits per heavy atom. The zero-order valence-electron chi connectivity index (χ0n) is 77.1. The van der Waals surface area contributed by atoms with E-state index >= 15 is 0 Å². The van der Waals surface area contributed by atoms with Gasteiger partial charge in [-0.25, -0.2) is 0 Å². The molecule has 0 radical (unpaired) electrons. The quantitative estimate of drug-likeness (QED) is 0.127. The van der Waals surface area contributed by atoms with Crippen LogP contribution in [0.1, 0.15) is 5.56 Å². The van der Waals surface area contributed by atoms with Gasteiger partial charge in [0.15, 0.2) is 0 Å². The van der Waals surface area contributed by atoms with Crippen molar-refractivity contribution in [1.29, 1.82) is 5.26 Å². The van der Waals surface area contributed by atoms with Crippen LogP contribution in [-0.2, 0) is 0 Å². The minimum atomic E-state index is 0.669. The fourth-order valence-corrected chi connectivity index (χ4v) is 23.1. The average Bonchev–Trinajstić information content (AvgIpc) is 1.54. The van der Waals surface area contributed by atoms with Crippen LogP contribution in [0, 0.1) is 11.3 Å². The van der Waals surface area contributed by atoms with Crippen molar-refractivity contribution in [3.8, 4) is 84.9 Å². The van der Waals surface area contributed by atoms with Gasteiger partial charge >= 0.3 is 0 Å². The molecule has 30 rings (SSSR count). The molecule has 0 aliphatic carbocycles. The van der Waals surface area contributed by atoms with Gasteiger partial charge in [-0.15, -0.1) is 0 Å². The van der Waals surface area contributed by atoms with Gasteiger partial charge in [0.25, 0.3) is 0 Å². The smallest absolute Gasteiger partial charge is 0.0991 e. The molecule has 0 saturated heterocycles. The van der Waals surface area contributed by atoms with Gasteiger partial charge in [-0.05, 0) is 221 Å². The van der Waals surface area contributed by atoms with Gasteiger partial charge in [0.1, 0.15) is 0 Å². The van der Waals surface area contributed by atoms with E-state index in [2.05, 4.69) is 534 Å². The number of hydrogen-bond acceptors (Lipinski definition) is 1. The highest BCUT2D eigenvalue weighted by Gasteiger charge is 2.27. The highest BCUT2D eigenvalue weighted by Crippen LogP contribution is 2.49. The summed E-state index contributed by atoms with van der Waals surface area (Å²) in [6.07, 6.45) is 0. The number of para-hydroxylation sites is 12. The second-order valence-electron chi connectivity index (χ2n) is 36.9. The highest BCUT2D eigenvalue weighted by molar-refractivity contribution is 6.31. The van der Waals surface area contributed by atoms with Crippen molar-refractivity contribution in [3.63, 3.8) is 0 Å². The van der Waals surface area contributed by atoms with Crippen molar-refractivity contribution in [1.82, 2.24) is 36.5 Å². The van der Waals surface area contributed by atoms with E-state index in [-0.39, 0.29) is 0 Å². The Hall–Kier alpha value is -19.3. The van der Waals surface area contributed by atoms with Gasteiger partial charge < -0.3 is 36.5 Å². The van der Waals surface area contributed by atoms with E-state index in [4.69, 9.17) is 0 Å². The molecule has 0 spiro atoms. The Bertz CT molecular complexity index is 10300. The standard InChI is InChI=1S/C48H31N3.C43H27N3.C42H27N3/c1-3-13-34(14-4-1)50-42-20-10-7-17-37(42)39-28-25-33(31-46(39)50)32-23-26-36(27-24-32)49-44-22-12-9-19-41(44)47-45(49)30-29-40-38-18-8-11-21-43(38)51(48(40)47)35-15-5-2-6-16-35;44-28-29-17-19-31(20-18-29)32-21-23-34(24-22-32)45-38-15-6-4-13-36(38)42-40(45)25-26-41-43(42)37-14-5-7-16-39(37)46(41)35-12-8-11-33(27-35)30-9-2-1-3-10-30;1-3-13-28(14-4-1)43-38-22-12-9-19-35(38)41-39(43)26-25-34-32-18-8-11-21-37(32)45(42(34)41)30-23-24-33-31-17-7-10-20-36(31)44(40(33)27-30)29-15-5-2-6-16-29/h1-31H;1-27H;1-27H. The topological polar surface area (TPSA) is 63.2 Å². The maximum atomic E-state index is 9.20. The molecule has 142 heavy (non-hydrogen) atoms. The van der Waals surface area contributed by atoms with Gasteiger partial charge in [-0.1, -0.05) is 328 Å². The molecule has 0 bridgehead atoms. The first kappa shape index (κ1) is 81.1. The van der Waals surface area contributed by atoms with Crippen LogP contribution in [0.4, 0.5) is 0 Å². The number of fused-ring (bicyclic) bond motifs is 27. The van der Waals surface area contributed by atoms with Crippen LogP contribution >= 0.6 is 0 Å². The summed E-state index contributed by atoms with van der Waals surface area (Å²) >= 11 is 0. The molecular weight excluding hydrogens is 1720 g/mol. The SMILES string of the molecule is N#Cc1ccc(-c2ccc(-n3c4ccccc4c4c5c6ccccc6n(-c6cccc(-c7ccccc7)c6)c5ccc43)cc2)cc1.c1ccc(-n2c3ccccc3c3ccc(-c4ccc(-n5c6ccccc6c6c5ccc5c7ccccc7n(-c7ccccc7)c56)cc4)cc32)cc1.c1ccc(-n2c3ccccc3c3ccc(-n4c5ccccc5c5ccc6c(c7ccccc7n6-c6ccccc6)c54)cc32)cc1. The number of rotatable bonds is 11. The maximum absolute atomic E-state index is 9.20. The zero-order chi connectivity index (χ0) is 93.6. The van der Waals surface area contributed by atoms with Gasteiger partial charge in [-0.2, -0.15) is 5.26 Å². The molecule has 0 fully saturated rings. The van der Waals surface area contributed by atoms with Crippen molar-refractivity contribution in [3.05, 3.63) is 521 Å². The molecule has 8 aromatic heterocycles. The summed E-state index contributed by atoms with van der Waals surface area (Å²) in [6, 6.07) is 188. The second-order valence-corrected chi connectivity index (χ2v) is 36.9. The molecule has 0 aliphatic rings. The van der Waals surface area contributed by atoms with Crippen molar-refractivity contribution in [2.24, 2.45) is 0 Å². The molecule has 0 atom stereocenters. The summed E-state index contributed by atoms with van der Waals surface area (Å²) in [6.45, 7) is 0. The number of nitrogens with zero attached hydrogens (tertiary/aromatic N) is 9. The van der Waals surface area contributed by atoms with E-state index in [0.29, 0.717) is 5.56 Å². The maximum Gasteiger partial charge on any atom is 0.0991 e. The predicted octanol–water partition coefficient (Wildman–Crippen LogP) is 34.7. The van der Waals surface area contributed by atoms with E-state index in [1.807, 2.05) is 24.3 Å². The van der Waals surface area contributed by atoms with Crippen LogP contribution in [0.25, 0.3) is 253 Å². The molecular formula is C133H85N9. The molecule has 0 N–H and O–H groups in total. The third-order valence-corrected chi connectivity index (χ3v) is 29.2. The number of hydrogen-bond donors (Lipinski definition) is 0. The first-order chi connectivity index (χ1) is 70.5.